The quantitative estimate of drug-likeness (QED) is 0.503. The van der Waals surface area contributed by atoms with Crippen LogP contribution in [0.2, 0.25) is 10.0 Å². The molecule has 4 rings (SSSR count). The van der Waals surface area contributed by atoms with Crippen LogP contribution < -0.4 is 10.6 Å². The molecule has 0 radical (unpaired) electrons. The molecule has 152 valence electrons. The van der Waals surface area contributed by atoms with Crippen molar-refractivity contribution in [2.45, 2.75) is 36.6 Å². The highest BCUT2D eigenvalue weighted by Crippen LogP contribution is 2.53. The van der Waals surface area contributed by atoms with Gasteiger partial charge in [-0.05, 0) is 25.1 Å². The molecule has 0 unspecified atom stereocenters. The number of nitrogens with one attached hydrogen (secondary N) is 2. The minimum absolute atomic E-state index is 0.0761. The SMILES string of the molecule is C[C@@H](O)[C@@H]1N[C@@]2(C(=O)Nc3cc(Cl)ccc32)[C@@H](c2cccc(Cl)c2F)[C@@H]1[N+](=O)[O-]. The van der Waals surface area contributed by atoms with E-state index < -0.39 is 46.3 Å². The van der Waals surface area contributed by atoms with Crippen molar-refractivity contribution in [1.82, 2.24) is 5.32 Å². The molecule has 2 heterocycles. The summed E-state index contributed by atoms with van der Waals surface area (Å²) >= 11 is 12.0. The molecule has 1 amide bonds. The molecular formula is C19H16Cl2FN3O4. The van der Waals surface area contributed by atoms with Crippen LogP contribution in [-0.4, -0.2) is 34.1 Å². The van der Waals surface area contributed by atoms with Crippen molar-refractivity contribution in [3.63, 3.8) is 0 Å². The Kier molecular flexibility index (Phi) is 4.77. The molecule has 2 aliphatic rings. The van der Waals surface area contributed by atoms with Crippen LogP contribution in [0.5, 0.6) is 0 Å². The van der Waals surface area contributed by atoms with E-state index in [2.05, 4.69) is 10.6 Å². The Morgan fingerprint density at radius 2 is 2.03 bits per heavy atom. The van der Waals surface area contributed by atoms with Gasteiger partial charge >= 0.3 is 0 Å². The van der Waals surface area contributed by atoms with E-state index in [1.807, 2.05) is 0 Å². The van der Waals surface area contributed by atoms with E-state index in [1.54, 1.807) is 12.1 Å². The molecule has 1 saturated heterocycles. The number of benzene rings is 2. The van der Waals surface area contributed by atoms with Gasteiger partial charge in [0.05, 0.1) is 17.0 Å². The lowest BCUT2D eigenvalue weighted by Gasteiger charge is -2.30. The van der Waals surface area contributed by atoms with E-state index in [1.165, 1.54) is 31.2 Å². The summed E-state index contributed by atoms with van der Waals surface area (Å²) in [6.45, 7) is 1.38. The number of nitrogens with zero attached hydrogens (tertiary/aromatic N) is 1. The predicted octanol–water partition coefficient (Wildman–Crippen LogP) is 3.06. The Balaban J connectivity index is 2.03. The molecule has 2 aliphatic heterocycles. The van der Waals surface area contributed by atoms with Gasteiger partial charge in [-0.1, -0.05) is 41.4 Å². The lowest BCUT2D eigenvalue weighted by molar-refractivity contribution is -0.528. The molecule has 1 spiro atoms. The fourth-order valence-electron chi connectivity index (χ4n) is 4.50. The van der Waals surface area contributed by atoms with Gasteiger partial charge in [-0.2, -0.15) is 0 Å². The minimum atomic E-state index is -1.68. The molecule has 10 heteroatoms. The van der Waals surface area contributed by atoms with Crippen molar-refractivity contribution in [1.29, 1.82) is 0 Å². The third-order valence-electron chi connectivity index (χ3n) is 5.66. The summed E-state index contributed by atoms with van der Waals surface area (Å²) in [6.07, 6.45) is -1.18. The van der Waals surface area contributed by atoms with Crippen molar-refractivity contribution in [2.24, 2.45) is 0 Å². The maximum Gasteiger partial charge on any atom is 0.250 e. The number of aliphatic hydroxyl groups excluding tert-OH is 1. The standard InChI is InChI=1S/C19H16Cl2FN3O4/c1-8(26)16-17(25(28)29)14(10-3-2-4-12(21)15(10)22)19(24-16)11-6-5-9(20)7-13(11)23-18(19)27/h2-8,14,16-17,24,26H,1H3,(H,23,27)/t8-,14+,16+,17+,19-/m1/s1. The van der Waals surface area contributed by atoms with Crippen LogP contribution in [0.1, 0.15) is 24.0 Å². The Morgan fingerprint density at radius 1 is 1.31 bits per heavy atom. The summed E-state index contributed by atoms with van der Waals surface area (Å²) < 4.78 is 15.0. The molecule has 0 aromatic heterocycles. The van der Waals surface area contributed by atoms with E-state index in [-0.39, 0.29) is 10.6 Å². The topological polar surface area (TPSA) is 104 Å². The van der Waals surface area contributed by atoms with Crippen LogP contribution in [0.25, 0.3) is 0 Å². The van der Waals surface area contributed by atoms with Gasteiger partial charge in [-0.25, -0.2) is 4.39 Å². The summed E-state index contributed by atoms with van der Waals surface area (Å²) in [6, 6.07) is 6.20. The maximum atomic E-state index is 15.0. The molecule has 2 aromatic carbocycles. The highest BCUT2D eigenvalue weighted by atomic mass is 35.5. The molecule has 2 aromatic rings. The third-order valence-corrected chi connectivity index (χ3v) is 6.19. The number of nitro groups is 1. The average molecular weight is 440 g/mol. The highest BCUT2D eigenvalue weighted by molar-refractivity contribution is 6.31. The molecule has 7 nitrogen and oxygen atoms in total. The monoisotopic (exact) mass is 439 g/mol. The van der Waals surface area contributed by atoms with Crippen LogP contribution >= 0.6 is 23.2 Å². The van der Waals surface area contributed by atoms with E-state index in [0.717, 1.165) is 0 Å². The first kappa shape index (κ1) is 20.0. The van der Waals surface area contributed by atoms with Crippen molar-refractivity contribution in [2.75, 3.05) is 5.32 Å². The van der Waals surface area contributed by atoms with Crippen LogP contribution in [0.4, 0.5) is 10.1 Å². The molecule has 0 aliphatic carbocycles. The van der Waals surface area contributed by atoms with Crippen LogP contribution in [0.15, 0.2) is 36.4 Å². The second-order valence-corrected chi connectivity index (χ2v) is 8.10. The van der Waals surface area contributed by atoms with Gasteiger partial charge in [0.15, 0.2) is 0 Å². The number of carbonyl (C=O) groups is 1. The van der Waals surface area contributed by atoms with Crippen LogP contribution in [0.3, 0.4) is 0 Å². The molecule has 0 bridgehead atoms. The Labute approximate surface area is 175 Å². The lowest BCUT2D eigenvalue weighted by Crippen LogP contribution is -2.51. The van der Waals surface area contributed by atoms with Crippen molar-refractivity contribution in [3.05, 3.63) is 73.5 Å². The molecule has 29 heavy (non-hydrogen) atoms. The van der Waals surface area contributed by atoms with Gasteiger partial charge in [-0.15, -0.1) is 0 Å². The van der Waals surface area contributed by atoms with Gasteiger partial charge in [-0.3, -0.25) is 20.2 Å². The molecular weight excluding hydrogens is 424 g/mol. The number of amides is 1. The summed E-state index contributed by atoms with van der Waals surface area (Å²) in [7, 11) is 0. The van der Waals surface area contributed by atoms with Crippen molar-refractivity contribution < 1.29 is 19.2 Å². The summed E-state index contributed by atoms with van der Waals surface area (Å²) in [5.41, 5.74) is -0.986. The highest BCUT2D eigenvalue weighted by Gasteiger charge is 2.68. The fourth-order valence-corrected chi connectivity index (χ4v) is 4.85. The number of hydrogen-bond donors (Lipinski definition) is 3. The normalized spacial score (nSPS) is 29.0. The lowest BCUT2D eigenvalue weighted by atomic mass is 9.74. The summed E-state index contributed by atoms with van der Waals surface area (Å²) in [5, 5.41) is 28.1. The van der Waals surface area contributed by atoms with Crippen molar-refractivity contribution >= 4 is 34.8 Å². The second-order valence-electron chi connectivity index (χ2n) is 7.26. The fraction of sp³-hybridized carbons (Fsp3) is 0.316. The van der Waals surface area contributed by atoms with Crippen molar-refractivity contribution in [3.8, 4) is 0 Å². The number of fused-ring (bicyclic) bond motifs is 2. The predicted molar refractivity (Wildman–Crippen MR) is 105 cm³/mol. The first-order valence-electron chi connectivity index (χ1n) is 8.83. The van der Waals surface area contributed by atoms with E-state index >= 15 is 4.39 Å². The van der Waals surface area contributed by atoms with E-state index in [9.17, 15) is 20.0 Å². The van der Waals surface area contributed by atoms with Gasteiger partial charge in [0, 0.05) is 26.8 Å². The molecule has 0 saturated carbocycles. The average Bonchev–Trinajstić information content (AvgIpc) is 3.14. The number of carbonyl (C=O) groups excluding carboxylic acids is 1. The Bertz CT molecular complexity index is 1030. The zero-order valence-electron chi connectivity index (χ0n) is 15.0. The summed E-state index contributed by atoms with van der Waals surface area (Å²) in [5.74, 6) is -2.69. The molecule has 1 fully saturated rings. The van der Waals surface area contributed by atoms with E-state index in [4.69, 9.17) is 23.2 Å². The van der Waals surface area contributed by atoms with Gasteiger partial charge in [0.2, 0.25) is 11.9 Å². The summed E-state index contributed by atoms with van der Waals surface area (Å²) in [4.78, 5) is 24.7. The van der Waals surface area contributed by atoms with Crippen LogP contribution in [0, 0.1) is 15.9 Å². The third kappa shape index (κ3) is 2.82. The van der Waals surface area contributed by atoms with E-state index in [0.29, 0.717) is 16.3 Å². The molecule has 3 N–H and O–H groups in total. The van der Waals surface area contributed by atoms with Gasteiger partial charge in [0.25, 0.3) is 0 Å². The number of hydrogen-bond acceptors (Lipinski definition) is 5. The van der Waals surface area contributed by atoms with Gasteiger partial charge < -0.3 is 10.4 Å². The largest absolute Gasteiger partial charge is 0.392 e. The number of aliphatic hydroxyl groups is 1. The first-order chi connectivity index (χ1) is 13.7. The Morgan fingerprint density at radius 3 is 2.69 bits per heavy atom. The zero-order chi connectivity index (χ0) is 21.1. The number of rotatable bonds is 3. The smallest absolute Gasteiger partial charge is 0.250 e. The number of anilines is 1. The molecule has 5 atom stereocenters. The van der Waals surface area contributed by atoms with Crippen LogP contribution in [-0.2, 0) is 10.3 Å². The minimum Gasteiger partial charge on any atom is -0.392 e. The number of halogens is 3. The first-order valence-corrected chi connectivity index (χ1v) is 9.58. The zero-order valence-corrected chi connectivity index (χ0v) is 16.5. The maximum absolute atomic E-state index is 15.0. The second kappa shape index (κ2) is 6.91. The van der Waals surface area contributed by atoms with Gasteiger partial charge in [0.1, 0.15) is 17.4 Å². The Hall–Kier alpha value is -2.26.